The first kappa shape index (κ1) is 19.8. The number of rotatable bonds is 8. The number of thioether (sulfide) groups is 1. The summed E-state index contributed by atoms with van der Waals surface area (Å²) in [5, 5.41) is 9.21. The van der Waals surface area contributed by atoms with Gasteiger partial charge in [-0.15, -0.1) is 16.8 Å². The van der Waals surface area contributed by atoms with Crippen LogP contribution >= 0.6 is 11.8 Å². The summed E-state index contributed by atoms with van der Waals surface area (Å²) in [7, 11) is 0. The molecule has 1 amide bonds. The van der Waals surface area contributed by atoms with Crippen molar-refractivity contribution in [3.8, 4) is 11.4 Å². The fourth-order valence-electron chi connectivity index (χ4n) is 2.82. The maximum absolute atomic E-state index is 13.2. The monoisotopic (exact) mass is 396 g/mol. The Kier molecular flexibility index (Phi) is 6.60. The van der Waals surface area contributed by atoms with E-state index in [4.69, 9.17) is 0 Å². The van der Waals surface area contributed by atoms with Gasteiger partial charge in [-0.2, -0.15) is 0 Å². The number of allylic oxidation sites excluding steroid dienone is 1. The van der Waals surface area contributed by atoms with Crippen molar-refractivity contribution in [1.29, 1.82) is 0 Å². The molecule has 0 atom stereocenters. The fraction of sp³-hybridized carbons (Fsp3) is 0.190. The van der Waals surface area contributed by atoms with E-state index in [1.54, 1.807) is 23.1 Å². The zero-order chi connectivity index (χ0) is 19.9. The van der Waals surface area contributed by atoms with Crippen LogP contribution in [-0.4, -0.2) is 33.0 Å². The summed E-state index contributed by atoms with van der Waals surface area (Å²) in [5.41, 5.74) is 1.63. The van der Waals surface area contributed by atoms with E-state index in [1.165, 1.54) is 23.9 Å². The maximum atomic E-state index is 13.2. The number of nitrogens with zero attached hydrogens (tertiary/aromatic N) is 4. The summed E-state index contributed by atoms with van der Waals surface area (Å²) in [6, 6.07) is 15.7. The van der Waals surface area contributed by atoms with Crippen molar-refractivity contribution in [2.75, 3.05) is 17.2 Å². The number of hydrogen-bond acceptors (Lipinski definition) is 4. The van der Waals surface area contributed by atoms with Gasteiger partial charge in [0.05, 0.1) is 5.75 Å². The average Bonchev–Trinajstić information content (AvgIpc) is 3.12. The quantitative estimate of drug-likeness (QED) is 0.418. The third kappa shape index (κ3) is 4.48. The Hall–Kier alpha value is -2.93. The lowest BCUT2D eigenvalue weighted by Gasteiger charge is -2.20. The molecule has 2 aromatic carbocycles. The third-order valence-corrected chi connectivity index (χ3v) is 5.09. The summed E-state index contributed by atoms with van der Waals surface area (Å²) in [6.45, 7) is 6.74. The molecule has 1 aromatic heterocycles. The number of carbonyl (C=O) groups is 1. The van der Waals surface area contributed by atoms with Crippen LogP contribution in [0.15, 0.2) is 72.4 Å². The van der Waals surface area contributed by atoms with Crippen molar-refractivity contribution in [1.82, 2.24) is 14.8 Å². The largest absolute Gasteiger partial charge is 0.312 e. The van der Waals surface area contributed by atoms with Crippen LogP contribution in [0.2, 0.25) is 0 Å². The van der Waals surface area contributed by atoms with Gasteiger partial charge >= 0.3 is 0 Å². The van der Waals surface area contributed by atoms with Crippen LogP contribution in [-0.2, 0) is 11.3 Å². The molecule has 7 heteroatoms. The van der Waals surface area contributed by atoms with Gasteiger partial charge in [0.2, 0.25) is 5.91 Å². The van der Waals surface area contributed by atoms with Crippen LogP contribution in [0.3, 0.4) is 0 Å². The standard InChI is InChI=1S/C21H21FN4OS/c1-3-14-26-20(16-8-6-5-7-9-16)23-24-21(26)28-15-19(27)25(4-2)18-12-10-17(22)11-13-18/h3,5-13H,1,4,14-15H2,2H3. The molecule has 5 nitrogen and oxygen atoms in total. The second-order valence-electron chi connectivity index (χ2n) is 5.97. The highest BCUT2D eigenvalue weighted by molar-refractivity contribution is 7.99. The van der Waals surface area contributed by atoms with Crippen molar-refractivity contribution < 1.29 is 9.18 Å². The summed E-state index contributed by atoms with van der Waals surface area (Å²) in [5.74, 6) is 0.539. The van der Waals surface area contributed by atoms with E-state index in [0.29, 0.717) is 23.9 Å². The normalized spacial score (nSPS) is 10.6. The molecule has 0 fully saturated rings. The van der Waals surface area contributed by atoms with Gasteiger partial charge in [0.15, 0.2) is 11.0 Å². The molecule has 3 aromatic rings. The van der Waals surface area contributed by atoms with Crippen molar-refractivity contribution in [3.05, 3.63) is 73.1 Å². The average molecular weight is 396 g/mol. The minimum Gasteiger partial charge on any atom is -0.312 e. The number of hydrogen-bond donors (Lipinski definition) is 0. The van der Waals surface area contributed by atoms with Crippen LogP contribution in [0.4, 0.5) is 10.1 Å². The van der Waals surface area contributed by atoms with Crippen LogP contribution in [0, 0.1) is 5.82 Å². The molecule has 0 saturated heterocycles. The molecule has 144 valence electrons. The van der Waals surface area contributed by atoms with Crippen molar-refractivity contribution >= 4 is 23.4 Å². The Bertz CT molecular complexity index is 941. The van der Waals surface area contributed by atoms with Crippen molar-refractivity contribution in [3.63, 3.8) is 0 Å². The lowest BCUT2D eigenvalue weighted by molar-refractivity contribution is -0.116. The van der Waals surface area contributed by atoms with Gasteiger partial charge in [0.25, 0.3) is 0 Å². The zero-order valence-corrected chi connectivity index (χ0v) is 16.4. The van der Waals surface area contributed by atoms with Crippen LogP contribution in [0.1, 0.15) is 6.92 Å². The van der Waals surface area contributed by atoms with E-state index in [9.17, 15) is 9.18 Å². The number of carbonyl (C=O) groups excluding carboxylic acids is 1. The van der Waals surface area contributed by atoms with Crippen LogP contribution in [0.5, 0.6) is 0 Å². The number of anilines is 1. The van der Waals surface area contributed by atoms with Crippen LogP contribution in [0.25, 0.3) is 11.4 Å². The lowest BCUT2D eigenvalue weighted by atomic mass is 10.2. The maximum Gasteiger partial charge on any atom is 0.237 e. The van der Waals surface area contributed by atoms with Gasteiger partial charge < -0.3 is 4.90 Å². The molecule has 28 heavy (non-hydrogen) atoms. The third-order valence-electron chi connectivity index (χ3n) is 4.14. The van der Waals surface area contributed by atoms with E-state index in [-0.39, 0.29) is 17.5 Å². The van der Waals surface area contributed by atoms with Gasteiger partial charge in [-0.1, -0.05) is 48.2 Å². The van der Waals surface area contributed by atoms with Gasteiger partial charge in [-0.3, -0.25) is 9.36 Å². The van der Waals surface area contributed by atoms with E-state index in [2.05, 4.69) is 16.8 Å². The Morgan fingerprint density at radius 2 is 1.89 bits per heavy atom. The predicted octanol–water partition coefficient (Wildman–Crippen LogP) is 4.42. The summed E-state index contributed by atoms with van der Waals surface area (Å²) in [4.78, 5) is 14.3. The predicted molar refractivity (Wildman–Crippen MR) is 111 cm³/mol. The van der Waals surface area contributed by atoms with Gasteiger partial charge in [0, 0.05) is 24.3 Å². The molecule has 0 bridgehead atoms. The Labute approximate surface area is 167 Å². The molecular weight excluding hydrogens is 375 g/mol. The first-order chi connectivity index (χ1) is 13.6. The van der Waals surface area contributed by atoms with E-state index in [1.807, 2.05) is 41.8 Å². The number of halogens is 1. The minimum atomic E-state index is -0.326. The second-order valence-corrected chi connectivity index (χ2v) is 6.92. The molecule has 0 unspecified atom stereocenters. The molecule has 0 spiro atoms. The zero-order valence-electron chi connectivity index (χ0n) is 15.6. The van der Waals surface area contributed by atoms with Crippen molar-refractivity contribution in [2.45, 2.75) is 18.6 Å². The topological polar surface area (TPSA) is 51.0 Å². The lowest BCUT2D eigenvalue weighted by Crippen LogP contribution is -2.32. The molecule has 0 N–H and O–H groups in total. The van der Waals surface area contributed by atoms with E-state index < -0.39 is 0 Å². The highest BCUT2D eigenvalue weighted by Gasteiger charge is 2.18. The minimum absolute atomic E-state index is 0.0754. The smallest absolute Gasteiger partial charge is 0.237 e. The highest BCUT2D eigenvalue weighted by atomic mass is 32.2. The first-order valence-electron chi connectivity index (χ1n) is 8.92. The molecular formula is C21H21FN4OS. The number of benzene rings is 2. The molecule has 0 aliphatic carbocycles. The molecule has 0 radical (unpaired) electrons. The Morgan fingerprint density at radius 1 is 1.18 bits per heavy atom. The Balaban J connectivity index is 1.76. The first-order valence-corrected chi connectivity index (χ1v) is 9.90. The summed E-state index contributed by atoms with van der Waals surface area (Å²) < 4.78 is 15.1. The molecule has 0 aliphatic rings. The number of aromatic nitrogens is 3. The molecule has 0 saturated carbocycles. The molecule has 3 rings (SSSR count). The fourth-order valence-corrected chi connectivity index (χ4v) is 3.64. The van der Waals surface area contributed by atoms with E-state index >= 15 is 0 Å². The van der Waals surface area contributed by atoms with Crippen molar-refractivity contribution in [2.24, 2.45) is 0 Å². The number of amides is 1. The Morgan fingerprint density at radius 3 is 2.54 bits per heavy atom. The van der Waals surface area contributed by atoms with Gasteiger partial charge in [-0.05, 0) is 31.2 Å². The van der Waals surface area contributed by atoms with E-state index in [0.717, 1.165) is 11.4 Å². The molecule has 1 heterocycles. The summed E-state index contributed by atoms with van der Waals surface area (Å²) in [6.07, 6.45) is 1.78. The summed E-state index contributed by atoms with van der Waals surface area (Å²) >= 11 is 1.33. The van der Waals surface area contributed by atoms with Gasteiger partial charge in [-0.25, -0.2) is 4.39 Å². The van der Waals surface area contributed by atoms with Crippen LogP contribution < -0.4 is 4.90 Å². The molecule has 0 aliphatic heterocycles. The highest BCUT2D eigenvalue weighted by Crippen LogP contribution is 2.25. The van der Waals surface area contributed by atoms with Gasteiger partial charge in [0.1, 0.15) is 5.82 Å². The second kappa shape index (κ2) is 9.32. The SMILES string of the molecule is C=CCn1c(SCC(=O)N(CC)c2ccc(F)cc2)nnc1-c1ccccc1.